The Morgan fingerprint density at radius 3 is 2.19 bits per heavy atom. The molecular weight excluding hydrogens is 348 g/mol. The zero-order valence-electron chi connectivity index (χ0n) is 15.0. The van der Waals surface area contributed by atoms with E-state index in [4.69, 9.17) is 0 Å². The van der Waals surface area contributed by atoms with Gasteiger partial charge in [0.05, 0.1) is 4.90 Å². The molecule has 1 saturated heterocycles. The molecule has 1 aliphatic heterocycles. The number of nitrogens with zero attached hydrogens (tertiary/aromatic N) is 2. The molecule has 0 bridgehead atoms. The summed E-state index contributed by atoms with van der Waals surface area (Å²) in [6.07, 6.45) is 1.11. The van der Waals surface area contributed by atoms with E-state index in [0.717, 1.165) is 11.1 Å². The highest BCUT2D eigenvalue weighted by atomic mass is 32.2. The number of sulfonamides is 1. The van der Waals surface area contributed by atoms with Crippen molar-refractivity contribution >= 4 is 15.9 Å². The second kappa shape index (κ2) is 8.01. The second-order valence-corrected chi connectivity index (χ2v) is 8.32. The first-order valence-corrected chi connectivity index (χ1v) is 10.4. The third-order valence-corrected chi connectivity index (χ3v) is 6.62. The first kappa shape index (κ1) is 18.6. The topological polar surface area (TPSA) is 57.7 Å². The third-order valence-electron chi connectivity index (χ3n) is 4.71. The van der Waals surface area contributed by atoms with E-state index in [9.17, 15) is 13.2 Å². The average molecular weight is 372 g/mol. The number of rotatable bonds is 4. The van der Waals surface area contributed by atoms with E-state index in [-0.39, 0.29) is 5.91 Å². The maximum Gasteiger partial charge on any atom is 0.243 e. The van der Waals surface area contributed by atoms with Crippen LogP contribution in [0.1, 0.15) is 19.8 Å². The van der Waals surface area contributed by atoms with E-state index in [1.165, 1.54) is 4.31 Å². The molecule has 2 aromatic carbocycles. The van der Waals surface area contributed by atoms with Crippen LogP contribution in [0, 0.1) is 0 Å². The molecule has 0 N–H and O–H groups in total. The molecule has 0 saturated carbocycles. The molecule has 1 fully saturated rings. The van der Waals surface area contributed by atoms with Gasteiger partial charge >= 0.3 is 0 Å². The van der Waals surface area contributed by atoms with Gasteiger partial charge in [0.15, 0.2) is 0 Å². The van der Waals surface area contributed by atoms with Crippen molar-refractivity contribution in [2.75, 3.05) is 26.2 Å². The molecule has 0 unspecified atom stereocenters. The summed E-state index contributed by atoms with van der Waals surface area (Å²) in [5.74, 6) is 0.0801. The molecule has 138 valence electrons. The molecule has 5 nitrogen and oxygen atoms in total. The minimum atomic E-state index is -3.54. The highest BCUT2D eigenvalue weighted by molar-refractivity contribution is 7.89. The van der Waals surface area contributed by atoms with Crippen LogP contribution < -0.4 is 0 Å². The molecule has 0 atom stereocenters. The van der Waals surface area contributed by atoms with Gasteiger partial charge in [0.1, 0.15) is 0 Å². The van der Waals surface area contributed by atoms with Crippen molar-refractivity contribution in [2.24, 2.45) is 0 Å². The van der Waals surface area contributed by atoms with Gasteiger partial charge in [-0.05, 0) is 29.7 Å². The fourth-order valence-electron chi connectivity index (χ4n) is 3.21. The van der Waals surface area contributed by atoms with Gasteiger partial charge in [0.25, 0.3) is 0 Å². The number of hydrogen-bond donors (Lipinski definition) is 0. The lowest BCUT2D eigenvalue weighted by molar-refractivity contribution is -0.130. The fourth-order valence-corrected chi connectivity index (χ4v) is 4.68. The van der Waals surface area contributed by atoms with Crippen LogP contribution in [0.15, 0.2) is 59.5 Å². The summed E-state index contributed by atoms with van der Waals surface area (Å²) in [6, 6.07) is 16.9. The Bertz CT molecular complexity index is 848. The highest BCUT2D eigenvalue weighted by Gasteiger charge is 2.27. The van der Waals surface area contributed by atoms with E-state index < -0.39 is 10.0 Å². The van der Waals surface area contributed by atoms with E-state index in [2.05, 4.69) is 0 Å². The Hall–Kier alpha value is -2.18. The lowest BCUT2D eigenvalue weighted by Gasteiger charge is -2.21. The largest absolute Gasteiger partial charge is 0.341 e. The predicted octanol–water partition coefficient (Wildman–Crippen LogP) is 2.99. The summed E-state index contributed by atoms with van der Waals surface area (Å²) >= 11 is 0. The molecular formula is C20H24N2O3S. The fraction of sp³-hybridized carbons (Fsp3) is 0.350. The van der Waals surface area contributed by atoms with Crippen molar-refractivity contribution in [1.29, 1.82) is 0 Å². The molecule has 0 aliphatic carbocycles. The lowest BCUT2D eigenvalue weighted by atomic mass is 10.1. The Kier molecular flexibility index (Phi) is 5.74. The number of hydrogen-bond acceptors (Lipinski definition) is 3. The van der Waals surface area contributed by atoms with Crippen LogP contribution in [0.3, 0.4) is 0 Å². The van der Waals surface area contributed by atoms with Gasteiger partial charge in [-0.2, -0.15) is 4.31 Å². The highest BCUT2D eigenvalue weighted by Crippen LogP contribution is 2.23. The van der Waals surface area contributed by atoms with Gasteiger partial charge in [0, 0.05) is 32.6 Å². The van der Waals surface area contributed by atoms with Crippen molar-refractivity contribution in [3.63, 3.8) is 0 Å². The molecule has 2 aromatic rings. The van der Waals surface area contributed by atoms with Gasteiger partial charge in [-0.3, -0.25) is 4.79 Å². The second-order valence-electron chi connectivity index (χ2n) is 6.38. The van der Waals surface area contributed by atoms with Crippen molar-refractivity contribution in [3.8, 4) is 11.1 Å². The molecule has 1 heterocycles. The molecule has 0 radical (unpaired) electrons. The Morgan fingerprint density at radius 1 is 0.885 bits per heavy atom. The van der Waals surface area contributed by atoms with Crippen molar-refractivity contribution in [1.82, 2.24) is 9.21 Å². The van der Waals surface area contributed by atoms with E-state index in [0.29, 0.717) is 43.9 Å². The molecule has 0 spiro atoms. The minimum absolute atomic E-state index is 0.0801. The number of carbonyl (C=O) groups is 1. The van der Waals surface area contributed by atoms with Crippen LogP contribution in [-0.2, 0) is 14.8 Å². The maximum absolute atomic E-state index is 13.0. The Labute approximate surface area is 155 Å². The van der Waals surface area contributed by atoms with Crippen LogP contribution in [0.4, 0.5) is 0 Å². The summed E-state index contributed by atoms with van der Waals surface area (Å²) in [6.45, 7) is 3.68. The Morgan fingerprint density at radius 2 is 1.54 bits per heavy atom. The molecule has 6 heteroatoms. The molecule has 1 amide bonds. The Balaban J connectivity index is 1.76. The summed E-state index contributed by atoms with van der Waals surface area (Å²) in [4.78, 5) is 13.9. The van der Waals surface area contributed by atoms with Crippen LogP contribution in [-0.4, -0.2) is 49.7 Å². The molecule has 26 heavy (non-hydrogen) atoms. The maximum atomic E-state index is 13.0. The van der Waals surface area contributed by atoms with Crippen LogP contribution in [0.25, 0.3) is 11.1 Å². The minimum Gasteiger partial charge on any atom is -0.341 e. The average Bonchev–Trinajstić information content (AvgIpc) is 2.95. The number of amides is 1. The molecule has 0 aromatic heterocycles. The van der Waals surface area contributed by atoms with Crippen molar-refractivity contribution in [3.05, 3.63) is 54.6 Å². The molecule has 1 aliphatic rings. The smallest absolute Gasteiger partial charge is 0.243 e. The van der Waals surface area contributed by atoms with E-state index in [1.807, 2.05) is 49.4 Å². The zero-order chi connectivity index (χ0) is 18.6. The number of carbonyl (C=O) groups excluding carboxylic acids is 1. The standard InChI is InChI=1S/C20H24N2O3S/c1-2-20(23)21-13-6-14-22(16-15-21)26(24,25)19-11-9-18(10-12-19)17-7-4-3-5-8-17/h3-5,7-12H,2,6,13-16H2,1H3. The van der Waals surface area contributed by atoms with Crippen molar-refractivity contribution in [2.45, 2.75) is 24.7 Å². The predicted molar refractivity (Wildman–Crippen MR) is 102 cm³/mol. The van der Waals surface area contributed by atoms with Crippen LogP contribution >= 0.6 is 0 Å². The quantitative estimate of drug-likeness (QED) is 0.829. The summed E-state index contributed by atoms with van der Waals surface area (Å²) in [5, 5.41) is 0. The first-order chi connectivity index (χ1) is 12.5. The van der Waals surface area contributed by atoms with Gasteiger partial charge in [0.2, 0.25) is 15.9 Å². The van der Waals surface area contributed by atoms with Gasteiger partial charge < -0.3 is 4.90 Å². The number of benzene rings is 2. The van der Waals surface area contributed by atoms with Gasteiger partial charge in [-0.1, -0.05) is 49.4 Å². The lowest BCUT2D eigenvalue weighted by Crippen LogP contribution is -2.37. The monoisotopic (exact) mass is 372 g/mol. The third kappa shape index (κ3) is 3.97. The SMILES string of the molecule is CCC(=O)N1CCCN(S(=O)(=O)c2ccc(-c3ccccc3)cc2)CC1. The summed E-state index contributed by atoms with van der Waals surface area (Å²) in [5.41, 5.74) is 2.04. The van der Waals surface area contributed by atoms with E-state index >= 15 is 0 Å². The van der Waals surface area contributed by atoms with Gasteiger partial charge in [-0.25, -0.2) is 8.42 Å². The zero-order valence-corrected chi connectivity index (χ0v) is 15.8. The van der Waals surface area contributed by atoms with Crippen LogP contribution in [0.2, 0.25) is 0 Å². The summed E-state index contributed by atoms with van der Waals surface area (Å²) < 4.78 is 27.4. The summed E-state index contributed by atoms with van der Waals surface area (Å²) in [7, 11) is -3.54. The van der Waals surface area contributed by atoms with E-state index in [1.54, 1.807) is 17.0 Å². The normalized spacial score (nSPS) is 16.3. The van der Waals surface area contributed by atoms with Crippen LogP contribution in [0.5, 0.6) is 0 Å². The van der Waals surface area contributed by atoms with Crippen molar-refractivity contribution < 1.29 is 13.2 Å². The molecule has 3 rings (SSSR count). The first-order valence-electron chi connectivity index (χ1n) is 8.96. The van der Waals surface area contributed by atoms with Gasteiger partial charge in [-0.15, -0.1) is 0 Å².